The fourth-order valence-electron chi connectivity index (χ4n) is 3.06. The van der Waals surface area contributed by atoms with Crippen molar-refractivity contribution in [3.63, 3.8) is 0 Å². The van der Waals surface area contributed by atoms with Gasteiger partial charge in [-0.1, -0.05) is 36.4 Å². The van der Waals surface area contributed by atoms with E-state index in [4.69, 9.17) is 0 Å². The minimum atomic E-state index is 0.440. The number of fused-ring (bicyclic) bond motifs is 2. The summed E-state index contributed by atoms with van der Waals surface area (Å²) in [5.41, 5.74) is 4.82. The SMILES string of the molecule is c1ccc2c(c1)CCC(Nc1cnc3ccccc3n1)C2. The Morgan fingerprint density at radius 1 is 0.905 bits per heavy atom. The summed E-state index contributed by atoms with van der Waals surface area (Å²) in [6, 6.07) is 17.1. The average molecular weight is 275 g/mol. The minimum absolute atomic E-state index is 0.440. The normalized spacial score (nSPS) is 17.4. The fourth-order valence-corrected chi connectivity index (χ4v) is 3.06. The maximum Gasteiger partial charge on any atom is 0.145 e. The molecule has 0 fully saturated rings. The van der Waals surface area contributed by atoms with Crippen LogP contribution in [0, 0.1) is 0 Å². The topological polar surface area (TPSA) is 37.8 Å². The zero-order valence-corrected chi connectivity index (χ0v) is 11.8. The Kier molecular flexibility index (Phi) is 3.03. The highest BCUT2D eigenvalue weighted by molar-refractivity contribution is 5.75. The summed E-state index contributed by atoms with van der Waals surface area (Å²) >= 11 is 0. The van der Waals surface area contributed by atoms with Gasteiger partial charge in [-0.25, -0.2) is 4.98 Å². The molecule has 104 valence electrons. The van der Waals surface area contributed by atoms with E-state index in [2.05, 4.69) is 39.6 Å². The number of hydrogen-bond acceptors (Lipinski definition) is 3. The van der Waals surface area contributed by atoms with E-state index in [1.807, 2.05) is 30.5 Å². The van der Waals surface area contributed by atoms with E-state index in [0.717, 1.165) is 36.1 Å². The van der Waals surface area contributed by atoms with Gasteiger partial charge in [0.05, 0.1) is 17.2 Å². The number of aromatic nitrogens is 2. The van der Waals surface area contributed by atoms with Crippen LogP contribution in [-0.2, 0) is 12.8 Å². The third-order valence-electron chi connectivity index (χ3n) is 4.15. The van der Waals surface area contributed by atoms with Gasteiger partial charge in [0.15, 0.2) is 0 Å². The van der Waals surface area contributed by atoms with Crippen molar-refractivity contribution in [2.75, 3.05) is 5.32 Å². The van der Waals surface area contributed by atoms with Crippen molar-refractivity contribution in [1.82, 2.24) is 9.97 Å². The summed E-state index contributed by atoms with van der Waals surface area (Å²) in [4.78, 5) is 9.12. The Hall–Kier alpha value is -2.42. The Bertz CT molecular complexity index is 782. The first-order valence-electron chi connectivity index (χ1n) is 7.43. The Morgan fingerprint density at radius 3 is 2.57 bits per heavy atom. The molecular weight excluding hydrogens is 258 g/mol. The molecule has 4 rings (SSSR count). The summed E-state index contributed by atoms with van der Waals surface area (Å²) < 4.78 is 0. The highest BCUT2D eigenvalue weighted by Gasteiger charge is 2.18. The Balaban J connectivity index is 1.55. The summed E-state index contributed by atoms with van der Waals surface area (Å²) in [5, 5.41) is 3.54. The van der Waals surface area contributed by atoms with E-state index < -0.39 is 0 Å². The van der Waals surface area contributed by atoms with Gasteiger partial charge >= 0.3 is 0 Å². The van der Waals surface area contributed by atoms with E-state index >= 15 is 0 Å². The summed E-state index contributed by atoms with van der Waals surface area (Å²) in [6.07, 6.45) is 5.17. The molecule has 0 amide bonds. The highest BCUT2D eigenvalue weighted by Crippen LogP contribution is 2.23. The predicted molar refractivity (Wildman–Crippen MR) is 85.4 cm³/mol. The molecule has 1 heterocycles. The number of anilines is 1. The van der Waals surface area contributed by atoms with Gasteiger partial charge in [0.1, 0.15) is 5.82 Å². The fraction of sp³-hybridized carbons (Fsp3) is 0.222. The lowest BCUT2D eigenvalue weighted by Crippen LogP contribution is -2.27. The van der Waals surface area contributed by atoms with Gasteiger partial charge in [-0.15, -0.1) is 0 Å². The number of nitrogens with zero attached hydrogens (tertiary/aromatic N) is 2. The maximum absolute atomic E-state index is 4.65. The quantitative estimate of drug-likeness (QED) is 0.776. The van der Waals surface area contributed by atoms with Gasteiger partial charge in [-0.05, 0) is 42.5 Å². The van der Waals surface area contributed by atoms with Crippen LogP contribution in [0.4, 0.5) is 5.82 Å². The molecule has 0 spiro atoms. The van der Waals surface area contributed by atoms with Crippen LogP contribution in [0.1, 0.15) is 17.5 Å². The third kappa shape index (κ3) is 2.47. The van der Waals surface area contributed by atoms with Crippen LogP contribution in [0.2, 0.25) is 0 Å². The maximum atomic E-state index is 4.65. The molecule has 0 aliphatic heterocycles. The number of nitrogens with one attached hydrogen (secondary N) is 1. The lowest BCUT2D eigenvalue weighted by atomic mass is 9.88. The number of para-hydroxylation sites is 2. The first-order chi connectivity index (χ1) is 10.4. The first kappa shape index (κ1) is 12.3. The van der Waals surface area contributed by atoms with Gasteiger partial charge in [-0.3, -0.25) is 4.98 Å². The van der Waals surface area contributed by atoms with Gasteiger partial charge in [0, 0.05) is 6.04 Å². The van der Waals surface area contributed by atoms with Crippen LogP contribution in [0.15, 0.2) is 54.7 Å². The molecule has 1 aliphatic carbocycles. The van der Waals surface area contributed by atoms with E-state index in [0.29, 0.717) is 6.04 Å². The van der Waals surface area contributed by atoms with Crippen molar-refractivity contribution in [1.29, 1.82) is 0 Å². The second-order valence-electron chi connectivity index (χ2n) is 5.60. The number of rotatable bonds is 2. The van der Waals surface area contributed by atoms with Crippen LogP contribution in [0.5, 0.6) is 0 Å². The molecule has 0 saturated heterocycles. The van der Waals surface area contributed by atoms with Gasteiger partial charge < -0.3 is 5.32 Å². The molecule has 3 heteroatoms. The molecule has 0 bridgehead atoms. The third-order valence-corrected chi connectivity index (χ3v) is 4.15. The lowest BCUT2D eigenvalue weighted by Gasteiger charge is -2.25. The standard InChI is InChI=1S/C18H17N3/c1-2-6-14-11-15(10-9-13(14)5-1)20-18-12-19-16-7-3-4-8-17(16)21-18/h1-8,12,15H,9-11H2,(H,20,21). The molecule has 1 aliphatic rings. The molecule has 1 atom stereocenters. The van der Waals surface area contributed by atoms with Gasteiger partial charge in [-0.2, -0.15) is 0 Å². The van der Waals surface area contributed by atoms with Crippen LogP contribution < -0.4 is 5.32 Å². The molecule has 1 N–H and O–H groups in total. The molecular formula is C18H17N3. The van der Waals surface area contributed by atoms with Crippen molar-refractivity contribution in [3.05, 3.63) is 65.9 Å². The van der Waals surface area contributed by atoms with Crippen LogP contribution in [-0.4, -0.2) is 16.0 Å². The van der Waals surface area contributed by atoms with Gasteiger partial charge in [0.2, 0.25) is 0 Å². The second kappa shape index (κ2) is 5.17. The average Bonchev–Trinajstić information content (AvgIpc) is 2.55. The molecule has 1 unspecified atom stereocenters. The first-order valence-corrected chi connectivity index (χ1v) is 7.43. The van der Waals surface area contributed by atoms with E-state index in [1.165, 1.54) is 11.1 Å². The van der Waals surface area contributed by atoms with Crippen LogP contribution >= 0.6 is 0 Å². The lowest BCUT2D eigenvalue weighted by molar-refractivity contribution is 0.609. The Labute approximate surface area is 124 Å². The monoisotopic (exact) mass is 275 g/mol. The molecule has 1 aromatic heterocycles. The van der Waals surface area contributed by atoms with Gasteiger partial charge in [0.25, 0.3) is 0 Å². The summed E-state index contributed by atoms with van der Waals surface area (Å²) in [5.74, 6) is 0.873. The van der Waals surface area contributed by atoms with Crippen LogP contribution in [0.3, 0.4) is 0 Å². The predicted octanol–water partition coefficient (Wildman–Crippen LogP) is 3.60. The highest BCUT2D eigenvalue weighted by atomic mass is 15.0. The van der Waals surface area contributed by atoms with E-state index in [9.17, 15) is 0 Å². The Morgan fingerprint density at radius 2 is 1.67 bits per heavy atom. The molecule has 21 heavy (non-hydrogen) atoms. The van der Waals surface area contributed by atoms with E-state index in [-0.39, 0.29) is 0 Å². The smallest absolute Gasteiger partial charge is 0.145 e. The molecule has 0 radical (unpaired) electrons. The number of hydrogen-bond donors (Lipinski definition) is 1. The second-order valence-corrected chi connectivity index (χ2v) is 5.60. The van der Waals surface area contributed by atoms with Crippen molar-refractivity contribution in [2.45, 2.75) is 25.3 Å². The van der Waals surface area contributed by atoms with Crippen LogP contribution in [0.25, 0.3) is 11.0 Å². The van der Waals surface area contributed by atoms with Crippen molar-refractivity contribution in [3.8, 4) is 0 Å². The largest absolute Gasteiger partial charge is 0.366 e. The molecule has 0 saturated carbocycles. The van der Waals surface area contributed by atoms with Crippen molar-refractivity contribution >= 4 is 16.9 Å². The molecule has 2 aromatic carbocycles. The molecule has 3 nitrogen and oxygen atoms in total. The summed E-state index contributed by atoms with van der Waals surface area (Å²) in [7, 11) is 0. The van der Waals surface area contributed by atoms with E-state index in [1.54, 1.807) is 0 Å². The zero-order chi connectivity index (χ0) is 14.1. The minimum Gasteiger partial charge on any atom is -0.366 e. The summed E-state index contributed by atoms with van der Waals surface area (Å²) in [6.45, 7) is 0. The number of aryl methyl sites for hydroxylation is 1. The van der Waals surface area contributed by atoms with Crippen molar-refractivity contribution in [2.24, 2.45) is 0 Å². The molecule has 3 aromatic rings. The zero-order valence-electron chi connectivity index (χ0n) is 11.8. The number of benzene rings is 2. The van der Waals surface area contributed by atoms with Crippen molar-refractivity contribution < 1.29 is 0 Å².